The molecule has 2 aromatic rings. The van der Waals surface area contributed by atoms with Gasteiger partial charge in [-0.05, 0) is 24.3 Å². The average molecular weight is 393 g/mol. The Bertz CT molecular complexity index is 742. The highest BCUT2D eigenvalue weighted by molar-refractivity contribution is 9.10. The number of hydrogen-bond donors (Lipinski definition) is 0. The van der Waals surface area contributed by atoms with Gasteiger partial charge in [0.2, 0.25) is 5.91 Å². The van der Waals surface area contributed by atoms with Crippen molar-refractivity contribution in [3.8, 4) is 0 Å². The highest BCUT2D eigenvalue weighted by Gasteiger charge is 2.40. The number of carbonyl (C=O) groups excluding carboxylic acids is 1. The van der Waals surface area contributed by atoms with E-state index in [1.54, 1.807) is 0 Å². The first kappa shape index (κ1) is 16.1. The van der Waals surface area contributed by atoms with Crippen LogP contribution in [0.3, 0.4) is 0 Å². The van der Waals surface area contributed by atoms with E-state index >= 15 is 0 Å². The van der Waals surface area contributed by atoms with Crippen molar-refractivity contribution in [1.29, 1.82) is 0 Å². The van der Waals surface area contributed by atoms with E-state index in [-0.39, 0.29) is 5.91 Å². The van der Waals surface area contributed by atoms with Gasteiger partial charge in [0.1, 0.15) is 0 Å². The summed E-state index contributed by atoms with van der Waals surface area (Å²) in [6.45, 7) is 3.49. The Kier molecular flexibility index (Phi) is 4.37. The van der Waals surface area contributed by atoms with Crippen LogP contribution in [0.1, 0.15) is 19.3 Å². The first-order valence-corrected chi connectivity index (χ1v) is 9.25. The van der Waals surface area contributed by atoms with Crippen molar-refractivity contribution in [3.63, 3.8) is 0 Å². The second-order valence-electron chi connectivity index (χ2n) is 6.45. The molecule has 24 heavy (non-hydrogen) atoms. The number of aromatic nitrogens is 1. The van der Waals surface area contributed by atoms with Crippen LogP contribution in [-0.4, -0.2) is 47.5 Å². The van der Waals surface area contributed by atoms with E-state index in [9.17, 15) is 4.79 Å². The molecule has 2 aliphatic rings. The zero-order chi connectivity index (χ0) is 16.6. The van der Waals surface area contributed by atoms with Gasteiger partial charge in [0.25, 0.3) is 0 Å². The fraction of sp³-hybridized carbons (Fsp3) is 0.500. The number of amides is 1. The van der Waals surface area contributed by atoms with Gasteiger partial charge in [-0.3, -0.25) is 4.79 Å². The fourth-order valence-corrected chi connectivity index (χ4v) is 4.00. The third-order valence-corrected chi connectivity index (χ3v) is 5.48. The van der Waals surface area contributed by atoms with Crippen molar-refractivity contribution in [3.05, 3.63) is 34.9 Å². The zero-order valence-electron chi connectivity index (χ0n) is 13.5. The van der Waals surface area contributed by atoms with Crippen LogP contribution >= 0.6 is 15.9 Å². The van der Waals surface area contributed by atoms with E-state index in [4.69, 9.17) is 9.47 Å². The van der Waals surface area contributed by atoms with Gasteiger partial charge < -0.3 is 18.9 Å². The molecule has 0 saturated carbocycles. The van der Waals surface area contributed by atoms with Crippen LogP contribution < -0.4 is 0 Å². The molecule has 1 amide bonds. The molecular formula is C18H21BrN2O3. The fourth-order valence-electron chi connectivity index (χ4n) is 3.62. The number of hydrogen-bond acceptors (Lipinski definition) is 3. The lowest BCUT2D eigenvalue weighted by atomic mass is 10.0. The maximum atomic E-state index is 12.5. The molecule has 3 heterocycles. The molecule has 2 fully saturated rings. The Morgan fingerprint density at radius 3 is 2.67 bits per heavy atom. The molecule has 0 unspecified atom stereocenters. The summed E-state index contributed by atoms with van der Waals surface area (Å²) in [5.74, 6) is -0.206. The first-order chi connectivity index (χ1) is 11.7. The monoisotopic (exact) mass is 392 g/mol. The van der Waals surface area contributed by atoms with Crippen LogP contribution in [0.25, 0.3) is 10.9 Å². The Balaban J connectivity index is 1.35. The molecule has 0 N–H and O–H groups in total. The SMILES string of the molecule is O=C(CCn1ccc2cc(Br)ccc21)N1CCC2(CC1)OCCO2. The third-order valence-electron chi connectivity index (χ3n) is 4.99. The van der Waals surface area contributed by atoms with Gasteiger partial charge in [-0.15, -0.1) is 0 Å². The maximum Gasteiger partial charge on any atom is 0.224 e. The zero-order valence-corrected chi connectivity index (χ0v) is 15.1. The normalized spacial score (nSPS) is 20.1. The van der Waals surface area contributed by atoms with Crippen LogP contribution in [0.2, 0.25) is 0 Å². The lowest BCUT2D eigenvalue weighted by Gasteiger charge is -2.37. The minimum atomic E-state index is -0.416. The van der Waals surface area contributed by atoms with Gasteiger partial charge in [-0.2, -0.15) is 0 Å². The highest BCUT2D eigenvalue weighted by Crippen LogP contribution is 2.31. The van der Waals surface area contributed by atoms with E-state index in [0.29, 0.717) is 26.2 Å². The molecule has 128 valence electrons. The number of aryl methyl sites for hydroxylation is 1. The molecule has 0 radical (unpaired) electrons. The molecule has 2 aliphatic heterocycles. The van der Waals surface area contributed by atoms with E-state index in [2.05, 4.69) is 44.9 Å². The van der Waals surface area contributed by atoms with Crippen molar-refractivity contribution in [1.82, 2.24) is 9.47 Å². The molecule has 1 aromatic carbocycles. The predicted molar refractivity (Wildman–Crippen MR) is 94.7 cm³/mol. The van der Waals surface area contributed by atoms with Crippen molar-refractivity contribution in [2.24, 2.45) is 0 Å². The van der Waals surface area contributed by atoms with Crippen LogP contribution in [0.15, 0.2) is 34.9 Å². The van der Waals surface area contributed by atoms with E-state index in [1.165, 1.54) is 5.39 Å². The van der Waals surface area contributed by atoms with E-state index in [1.807, 2.05) is 11.0 Å². The summed E-state index contributed by atoms with van der Waals surface area (Å²) in [6.07, 6.45) is 4.13. The summed E-state index contributed by atoms with van der Waals surface area (Å²) in [5, 5.41) is 1.19. The summed E-state index contributed by atoms with van der Waals surface area (Å²) in [6, 6.07) is 8.30. The summed E-state index contributed by atoms with van der Waals surface area (Å²) in [5.41, 5.74) is 1.16. The largest absolute Gasteiger partial charge is 0.347 e. The van der Waals surface area contributed by atoms with Crippen molar-refractivity contribution in [2.45, 2.75) is 31.6 Å². The Morgan fingerprint density at radius 1 is 1.17 bits per heavy atom. The second kappa shape index (κ2) is 6.50. The van der Waals surface area contributed by atoms with E-state index in [0.717, 1.165) is 35.9 Å². The van der Waals surface area contributed by atoms with Gasteiger partial charge >= 0.3 is 0 Å². The smallest absolute Gasteiger partial charge is 0.224 e. The number of nitrogens with zero attached hydrogens (tertiary/aromatic N) is 2. The van der Waals surface area contributed by atoms with Crippen LogP contribution in [-0.2, 0) is 20.8 Å². The molecular weight excluding hydrogens is 372 g/mol. The maximum absolute atomic E-state index is 12.5. The molecule has 1 spiro atoms. The van der Waals surface area contributed by atoms with Crippen LogP contribution in [0.5, 0.6) is 0 Å². The third kappa shape index (κ3) is 3.10. The van der Waals surface area contributed by atoms with Crippen LogP contribution in [0, 0.1) is 0 Å². The molecule has 6 heteroatoms. The predicted octanol–water partition coefficient (Wildman–Crippen LogP) is 3.16. The van der Waals surface area contributed by atoms with E-state index < -0.39 is 5.79 Å². The standard InChI is InChI=1S/C18H21BrN2O3/c19-15-1-2-16-14(13-15)3-7-20(16)8-4-17(22)21-9-5-18(6-10-21)23-11-12-24-18/h1-3,7,13H,4-6,8-12H2. The number of rotatable bonds is 3. The Labute approximate surface area is 149 Å². The molecule has 4 rings (SSSR count). The molecule has 0 atom stereocenters. The number of carbonyl (C=O) groups is 1. The lowest BCUT2D eigenvalue weighted by molar-refractivity contribution is -0.187. The van der Waals surface area contributed by atoms with Crippen molar-refractivity contribution in [2.75, 3.05) is 26.3 Å². The molecule has 5 nitrogen and oxygen atoms in total. The van der Waals surface area contributed by atoms with Gasteiger partial charge in [0, 0.05) is 60.5 Å². The quantitative estimate of drug-likeness (QED) is 0.805. The number of ether oxygens (including phenoxy) is 2. The van der Waals surface area contributed by atoms with Gasteiger partial charge in [0.05, 0.1) is 13.2 Å². The van der Waals surface area contributed by atoms with Crippen molar-refractivity contribution < 1.29 is 14.3 Å². The second-order valence-corrected chi connectivity index (χ2v) is 7.37. The molecule has 0 bridgehead atoms. The Hall–Kier alpha value is -1.37. The number of benzene rings is 1. The number of halogens is 1. The highest BCUT2D eigenvalue weighted by atomic mass is 79.9. The molecule has 1 aromatic heterocycles. The molecule has 0 aliphatic carbocycles. The Morgan fingerprint density at radius 2 is 1.92 bits per heavy atom. The summed E-state index contributed by atoms with van der Waals surface area (Å²) in [7, 11) is 0. The van der Waals surface area contributed by atoms with Gasteiger partial charge in [-0.25, -0.2) is 0 Å². The van der Waals surface area contributed by atoms with Gasteiger partial charge in [-0.1, -0.05) is 15.9 Å². The lowest BCUT2D eigenvalue weighted by Crippen LogP contribution is -2.47. The topological polar surface area (TPSA) is 43.7 Å². The minimum Gasteiger partial charge on any atom is -0.347 e. The van der Waals surface area contributed by atoms with Gasteiger partial charge in [0.15, 0.2) is 5.79 Å². The molecule has 2 saturated heterocycles. The first-order valence-electron chi connectivity index (χ1n) is 8.45. The number of piperidine rings is 1. The number of likely N-dealkylation sites (tertiary alicyclic amines) is 1. The van der Waals surface area contributed by atoms with Crippen LogP contribution in [0.4, 0.5) is 0 Å². The summed E-state index contributed by atoms with van der Waals surface area (Å²) >= 11 is 3.49. The average Bonchev–Trinajstić information content (AvgIpc) is 3.20. The summed E-state index contributed by atoms with van der Waals surface area (Å²) in [4.78, 5) is 14.5. The minimum absolute atomic E-state index is 0.210. The number of fused-ring (bicyclic) bond motifs is 1. The summed E-state index contributed by atoms with van der Waals surface area (Å²) < 4.78 is 14.7. The van der Waals surface area contributed by atoms with Crippen molar-refractivity contribution >= 4 is 32.7 Å².